The normalized spacial score (nSPS) is 11.5. The number of phenols is 1. The second-order valence-corrected chi connectivity index (χ2v) is 8.05. The van der Waals surface area contributed by atoms with Crippen molar-refractivity contribution in [3.63, 3.8) is 0 Å². The standard InChI is InChI=1S/C21H25BrN2O4/c1-5-27-19-10-14(6-8-17(19)25)12-23-24-20(26)13-28-18-9-7-15(22)11-16(18)21(2,3)4/h6-12,25H,5,13H2,1-4H3,(H,24,26)/b23-12+. The lowest BCUT2D eigenvalue weighted by molar-refractivity contribution is -0.123. The molecule has 1 amide bonds. The molecule has 0 atom stereocenters. The van der Waals surface area contributed by atoms with Gasteiger partial charge in [-0.05, 0) is 54.3 Å². The lowest BCUT2D eigenvalue weighted by Gasteiger charge is -2.23. The van der Waals surface area contributed by atoms with Gasteiger partial charge in [0.05, 0.1) is 12.8 Å². The molecular formula is C21H25BrN2O4. The Morgan fingerprint density at radius 1 is 1.18 bits per heavy atom. The first-order valence-electron chi connectivity index (χ1n) is 8.91. The third kappa shape index (κ3) is 6.27. The molecule has 2 aromatic carbocycles. The Kier molecular flexibility index (Phi) is 7.45. The van der Waals surface area contributed by atoms with E-state index in [1.165, 1.54) is 12.3 Å². The maximum absolute atomic E-state index is 12.0. The fourth-order valence-electron chi connectivity index (χ4n) is 2.45. The van der Waals surface area contributed by atoms with Crippen LogP contribution in [-0.2, 0) is 10.2 Å². The number of halogens is 1. The van der Waals surface area contributed by atoms with Gasteiger partial charge in [-0.2, -0.15) is 5.10 Å². The van der Waals surface area contributed by atoms with Gasteiger partial charge in [-0.3, -0.25) is 4.79 Å². The summed E-state index contributed by atoms with van der Waals surface area (Å²) in [7, 11) is 0. The lowest BCUT2D eigenvalue weighted by Crippen LogP contribution is -2.25. The van der Waals surface area contributed by atoms with Crippen molar-refractivity contribution in [1.82, 2.24) is 5.43 Å². The van der Waals surface area contributed by atoms with E-state index in [1.807, 2.05) is 25.1 Å². The van der Waals surface area contributed by atoms with Crippen molar-refractivity contribution in [2.45, 2.75) is 33.1 Å². The summed E-state index contributed by atoms with van der Waals surface area (Å²) in [5.41, 5.74) is 4.00. The molecule has 0 bridgehead atoms. The molecule has 6 nitrogen and oxygen atoms in total. The topological polar surface area (TPSA) is 80.2 Å². The summed E-state index contributed by atoms with van der Waals surface area (Å²) in [6, 6.07) is 10.5. The number of carbonyl (C=O) groups is 1. The highest BCUT2D eigenvalue weighted by Gasteiger charge is 2.20. The van der Waals surface area contributed by atoms with Crippen LogP contribution in [0.15, 0.2) is 46.0 Å². The molecule has 0 unspecified atom stereocenters. The molecule has 2 N–H and O–H groups in total. The zero-order chi connectivity index (χ0) is 20.7. The summed E-state index contributed by atoms with van der Waals surface area (Å²) in [4.78, 5) is 12.0. The van der Waals surface area contributed by atoms with Gasteiger partial charge in [-0.1, -0.05) is 36.7 Å². The summed E-state index contributed by atoms with van der Waals surface area (Å²) in [6.45, 7) is 8.37. The fraction of sp³-hybridized carbons (Fsp3) is 0.333. The molecule has 0 aliphatic carbocycles. The number of rotatable bonds is 7. The molecule has 0 spiro atoms. The third-order valence-electron chi connectivity index (χ3n) is 3.79. The first-order valence-corrected chi connectivity index (χ1v) is 9.70. The van der Waals surface area contributed by atoms with Gasteiger partial charge in [0.2, 0.25) is 0 Å². The minimum Gasteiger partial charge on any atom is -0.504 e. The predicted octanol–water partition coefficient (Wildman–Crippen LogP) is 4.38. The summed E-state index contributed by atoms with van der Waals surface area (Å²) < 4.78 is 12.0. The number of phenolic OH excluding ortho intramolecular Hbond substituents is 1. The Labute approximate surface area is 173 Å². The van der Waals surface area contributed by atoms with Crippen molar-refractivity contribution in [3.8, 4) is 17.2 Å². The van der Waals surface area contributed by atoms with Crippen LogP contribution in [0.25, 0.3) is 0 Å². The number of carbonyl (C=O) groups excluding carboxylic acids is 1. The summed E-state index contributed by atoms with van der Waals surface area (Å²) >= 11 is 3.47. The van der Waals surface area contributed by atoms with Crippen LogP contribution in [0.2, 0.25) is 0 Å². The van der Waals surface area contributed by atoms with Crippen LogP contribution in [0.1, 0.15) is 38.8 Å². The van der Waals surface area contributed by atoms with Gasteiger partial charge in [0, 0.05) is 10.0 Å². The molecule has 0 saturated carbocycles. The molecule has 150 valence electrons. The smallest absolute Gasteiger partial charge is 0.277 e. The number of hydrazone groups is 1. The highest BCUT2D eigenvalue weighted by molar-refractivity contribution is 9.10. The molecule has 7 heteroatoms. The fourth-order valence-corrected chi connectivity index (χ4v) is 2.81. The Bertz CT molecular complexity index is 860. The average molecular weight is 449 g/mol. The number of aromatic hydroxyl groups is 1. The second kappa shape index (κ2) is 9.59. The van der Waals surface area contributed by atoms with Crippen molar-refractivity contribution < 1.29 is 19.4 Å². The van der Waals surface area contributed by atoms with Crippen LogP contribution in [0, 0.1) is 0 Å². The van der Waals surface area contributed by atoms with Crippen LogP contribution < -0.4 is 14.9 Å². The van der Waals surface area contributed by atoms with Crippen molar-refractivity contribution in [1.29, 1.82) is 0 Å². The molecule has 0 aliphatic rings. The van der Waals surface area contributed by atoms with Crippen molar-refractivity contribution >= 4 is 28.1 Å². The number of amides is 1. The highest BCUT2D eigenvalue weighted by atomic mass is 79.9. The van der Waals surface area contributed by atoms with Crippen LogP contribution in [-0.4, -0.2) is 30.4 Å². The minimum absolute atomic E-state index is 0.0561. The van der Waals surface area contributed by atoms with E-state index in [1.54, 1.807) is 12.1 Å². The Balaban J connectivity index is 1.95. The van der Waals surface area contributed by atoms with Crippen molar-refractivity contribution in [2.24, 2.45) is 5.10 Å². The first-order chi connectivity index (χ1) is 13.2. The van der Waals surface area contributed by atoms with Crippen LogP contribution in [0.5, 0.6) is 17.2 Å². The van der Waals surface area contributed by atoms with E-state index in [2.05, 4.69) is 47.2 Å². The van der Waals surface area contributed by atoms with Crippen LogP contribution in [0.3, 0.4) is 0 Å². The van der Waals surface area contributed by atoms with Gasteiger partial charge in [0.15, 0.2) is 18.1 Å². The summed E-state index contributed by atoms with van der Waals surface area (Å²) in [5, 5.41) is 13.6. The monoisotopic (exact) mass is 448 g/mol. The molecule has 0 radical (unpaired) electrons. The molecule has 0 aliphatic heterocycles. The van der Waals surface area contributed by atoms with Gasteiger partial charge >= 0.3 is 0 Å². The van der Waals surface area contributed by atoms with E-state index in [4.69, 9.17) is 9.47 Å². The van der Waals surface area contributed by atoms with Gasteiger partial charge in [-0.15, -0.1) is 0 Å². The maximum atomic E-state index is 12.0. The molecule has 0 fully saturated rings. The van der Waals surface area contributed by atoms with E-state index in [9.17, 15) is 9.90 Å². The third-order valence-corrected chi connectivity index (χ3v) is 4.29. The average Bonchev–Trinajstić information content (AvgIpc) is 2.62. The van der Waals surface area contributed by atoms with Gasteiger partial charge in [0.25, 0.3) is 5.91 Å². The number of nitrogens with zero attached hydrogens (tertiary/aromatic N) is 1. The largest absolute Gasteiger partial charge is 0.504 e. The summed E-state index contributed by atoms with van der Waals surface area (Å²) in [6.07, 6.45) is 1.47. The van der Waals surface area contributed by atoms with Crippen molar-refractivity contribution in [3.05, 3.63) is 52.0 Å². The zero-order valence-corrected chi connectivity index (χ0v) is 18.0. The van der Waals surface area contributed by atoms with Gasteiger partial charge < -0.3 is 14.6 Å². The number of nitrogens with one attached hydrogen (secondary N) is 1. The van der Waals surface area contributed by atoms with E-state index in [-0.39, 0.29) is 23.7 Å². The van der Waals surface area contributed by atoms with E-state index in [0.717, 1.165) is 10.0 Å². The van der Waals surface area contributed by atoms with E-state index >= 15 is 0 Å². The predicted molar refractivity (Wildman–Crippen MR) is 113 cm³/mol. The maximum Gasteiger partial charge on any atom is 0.277 e. The SMILES string of the molecule is CCOc1cc(/C=N/NC(=O)COc2ccc(Br)cc2C(C)(C)C)ccc1O. The number of benzene rings is 2. The van der Waals surface area contributed by atoms with E-state index < -0.39 is 0 Å². The van der Waals surface area contributed by atoms with Gasteiger partial charge in [-0.25, -0.2) is 5.43 Å². The minimum atomic E-state index is -0.372. The number of hydrogen-bond acceptors (Lipinski definition) is 5. The number of hydrogen-bond donors (Lipinski definition) is 2. The Morgan fingerprint density at radius 2 is 1.93 bits per heavy atom. The molecule has 28 heavy (non-hydrogen) atoms. The van der Waals surface area contributed by atoms with Crippen molar-refractivity contribution in [2.75, 3.05) is 13.2 Å². The molecule has 0 heterocycles. The molecule has 0 aromatic heterocycles. The highest BCUT2D eigenvalue weighted by Crippen LogP contribution is 2.33. The Morgan fingerprint density at radius 3 is 2.61 bits per heavy atom. The zero-order valence-electron chi connectivity index (χ0n) is 16.5. The number of ether oxygens (including phenoxy) is 2. The molecule has 0 saturated heterocycles. The molecule has 2 rings (SSSR count). The molecule has 2 aromatic rings. The van der Waals surface area contributed by atoms with E-state index in [0.29, 0.717) is 23.7 Å². The summed E-state index contributed by atoms with van der Waals surface area (Å²) in [5.74, 6) is 0.712. The van der Waals surface area contributed by atoms with Gasteiger partial charge in [0.1, 0.15) is 5.75 Å². The first kappa shape index (κ1) is 21.8. The quantitative estimate of drug-likeness (QED) is 0.486. The molecular weight excluding hydrogens is 424 g/mol. The van der Waals surface area contributed by atoms with Crippen LogP contribution >= 0.6 is 15.9 Å². The second-order valence-electron chi connectivity index (χ2n) is 7.13. The van der Waals surface area contributed by atoms with Crippen LogP contribution in [0.4, 0.5) is 0 Å². The lowest BCUT2D eigenvalue weighted by atomic mass is 9.86. The Hall–Kier alpha value is -2.54.